The van der Waals surface area contributed by atoms with E-state index in [0.717, 1.165) is 9.88 Å². The van der Waals surface area contributed by atoms with E-state index in [1.807, 2.05) is 6.92 Å². The Bertz CT molecular complexity index is 639. The third-order valence-electron chi connectivity index (χ3n) is 2.90. The summed E-state index contributed by atoms with van der Waals surface area (Å²) in [5.74, 6) is 0.979. The summed E-state index contributed by atoms with van der Waals surface area (Å²) >= 11 is 1.57. The van der Waals surface area contributed by atoms with Gasteiger partial charge in [-0.3, -0.25) is 4.79 Å². The molecule has 0 spiro atoms. The normalized spacial score (nSPS) is 13.1. The molecule has 1 aromatic carbocycles. The van der Waals surface area contributed by atoms with E-state index in [0.29, 0.717) is 36.8 Å². The largest absolute Gasteiger partial charge is 0.486 e. The molecule has 2 heterocycles. The van der Waals surface area contributed by atoms with Crippen molar-refractivity contribution in [2.45, 2.75) is 13.5 Å². The molecule has 0 fully saturated rings. The van der Waals surface area contributed by atoms with Gasteiger partial charge >= 0.3 is 0 Å². The third-order valence-corrected chi connectivity index (χ3v) is 3.82. The summed E-state index contributed by atoms with van der Waals surface area (Å²) in [7, 11) is 0. The first-order valence-electron chi connectivity index (χ1n) is 6.32. The van der Waals surface area contributed by atoms with Crippen molar-refractivity contribution in [2.75, 3.05) is 13.2 Å². The van der Waals surface area contributed by atoms with Crippen LogP contribution in [-0.4, -0.2) is 24.1 Å². The van der Waals surface area contributed by atoms with E-state index >= 15 is 0 Å². The summed E-state index contributed by atoms with van der Waals surface area (Å²) in [6.07, 6.45) is 1.78. The maximum absolute atomic E-state index is 12.2. The van der Waals surface area contributed by atoms with E-state index in [1.165, 1.54) is 0 Å². The summed E-state index contributed by atoms with van der Waals surface area (Å²) < 4.78 is 11.0. The minimum Gasteiger partial charge on any atom is -0.486 e. The number of para-hydroxylation sites is 1. The molecular weight excluding hydrogens is 276 g/mol. The number of rotatable bonds is 3. The Morgan fingerprint density at radius 2 is 2.25 bits per heavy atom. The summed E-state index contributed by atoms with van der Waals surface area (Å²) in [6.45, 7) is 3.38. The molecule has 2 aromatic rings. The van der Waals surface area contributed by atoms with E-state index in [-0.39, 0.29) is 5.91 Å². The number of amides is 1. The Morgan fingerprint density at radius 3 is 3.05 bits per heavy atom. The highest BCUT2D eigenvalue weighted by Gasteiger charge is 2.20. The zero-order chi connectivity index (χ0) is 13.9. The number of hydrogen-bond donors (Lipinski definition) is 1. The summed E-state index contributed by atoms with van der Waals surface area (Å²) in [5.41, 5.74) is 0.503. The van der Waals surface area contributed by atoms with Crippen LogP contribution in [0.15, 0.2) is 24.4 Å². The monoisotopic (exact) mass is 290 g/mol. The Kier molecular flexibility index (Phi) is 3.56. The Labute approximate surface area is 120 Å². The molecule has 104 valence electrons. The van der Waals surface area contributed by atoms with E-state index in [2.05, 4.69) is 10.3 Å². The second-order valence-corrected chi connectivity index (χ2v) is 5.68. The van der Waals surface area contributed by atoms with Gasteiger partial charge in [-0.15, -0.1) is 11.3 Å². The zero-order valence-electron chi connectivity index (χ0n) is 11.0. The highest BCUT2D eigenvalue weighted by atomic mass is 32.1. The van der Waals surface area contributed by atoms with Crippen molar-refractivity contribution in [1.82, 2.24) is 10.3 Å². The van der Waals surface area contributed by atoms with Crippen LogP contribution in [0.3, 0.4) is 0 Å². The predicted molar refractivity (Wildman–Crippen MR) is 75.5 cm³/mol. The van der Waals surface area contributed by atoms with Gasteiger partial charge in [-0.25, -0.2) is 4.98 Å². The van der Waals surface area contributed by atoms with Crippen LogP contribution in [-0.2, 0) is 6.54 Å². The SMILES string of the molecule is Cc1ncc(CNC(=O)c2cccc3c2OCCO3)s1. The van der Waals surface area contributed by atoms with Crippen molar-refractivity contribution in [3.05, 3.63) is 39.8 Å². The van der Waals surface area contributed by atoms with Gasteiger partial charge in [0.25, 0.3) is 5.91 Å². The third kappa shape index (κ3) is 2.60. The number of aromatic nitrogens is 1. The van der Waals surface area contributed by atoms with E-state index in [1.54, 1.807) is 35.7 Å². The lowest BCUT2D eigenvalue weighted by Crippen LogP contribution is -2.25. The first-order chi connectivity index (χ1) is 9.74. The van der Waals surface area contributed by atoms with Crippen LogP contribution in [0.4, 0.5) is 0 Å². The summed E-state index contributed by atoms with van der Waals surface area (Å²) in [5, 5.41) is 3.86. The molecule has 0 unspecified atom stereocenters. The van der Waals surface area contributed by atoms with Crippen molar-refractivity contribution in [1.29, 1.82) is 0 Å². The van der Waals surface area contributed by atoms with E-state index in [4.69, 9.17) is 9.47 Å². The number of carbonyl (C=O) groups excluding carboxylic acids is 1. The zero-order valence-corrected chi connectivity index (χ0v) is 11.8. The van der Waals surface area contributed by atoms with E-state index < -0.39 is 0 Å². The average Bonchev–Trinajstić information content (AvgIpc) is 2.90. The van der Waals surface area contributed by atoms with Crippen molar-refractivity contribution in [2.24, 2.45) is 0 Å². The van der Waals surface area contributed by atoms with Crippen LogP contribution in [0.2, 0.25) is 0 Å². The first-order valence-corrected chi connectivity index (χ1v) is 7.14. The maximum Gasteiger partial charge on any atom is 0.255 e. The molecule has 0 bridgehead atoms. The van der Waals surface area contributed by atoms with Crippen molar-refractivity contribution in [3.8, 4) is 11.5 Å². The van der Waals surface area contributed by atoms with Gasteiger partial charge in [0.05, 0.1) is 17.1 Å². The number of carbonyl (C=O) groups is 1. The standard InChI is InChI=1S/C14H14N2O3S/c1-9-15-7-10(20-9)8-16-14(17)11-3-2-4-12-13(11)19-6-5-18-12/h2-4,7H,5-6,8H2,1H3,(H,16,17). The maximum atomic E-state index is 12.2. The number of aryl methyl sites for hydroxylation is 1. The Balaban J connectivity index is 1.74. The minimum atomic E-state index is -0.168. The number of benzene rings is 1. The molecule has 20 heavy (non-hydrogen) atoms. The first kappa shape index (κ1) is 12.9. The predicted octanol–water partition coefficient (Wildman–Crippen LogP) is 2.15. The fourth-order valence-electron chi connectivity index (χ4n) is 2.00. The molecule has 0 saturated heterocycles. The van der Waals surface area contributed by atoms with Crippen molar-refractivity contribution >= 4 is 17.2 Å². The van der Waals surface area contributed by atoms with Gasteiger partial charge in [0.15, 0.2) is 11.5 Å². The number of nitrogens with zero attached hydrogens (tertiary/aromatic N) is 1. The Morgan fingerprint density at radius 1 is 1.40 bits per heavy atom. The highest BCUT2D eigenvalue weighted by molar-refractivity contribution is 7.11. The van der Waals surface area contributed by atoms with E-state index in [9.17, 15) is 4.79 Å². The fourth-order valence-corrected chi connectivity index (χ4v) is 2.74. The van der Waals surface area contributed by atoms with Gasteiger partial charge < -0.3 is 14.8 Å². The molecule has 5 nitrogen and oxygen atoms in total. The lowest BCUT2D eigenvalue weighted by Gasteiger charge is -2.20. The van der Waals surface area contributed by atoms with Crippen LogP contribution < -0.4 is 14.8 Å². The van der Waals surface area contributed by atoms with Crippen LogP contribution in [0.1, 0.15) is 20.2 Å². The van der Waals surface area contributed by atoms with Crippen molar-refractivity contribution < 1.29 is 14.3 Å². The average molecular weight is 290 g/mol. The fraction of sp³-hybridized carbons (Fsp3) is 0.286. The molecule has 0 aliphatic carbocycles. The Hall–Kier alpha value is -2.08. The van der Waals surface area contributed by atoms with Gasteiger partial charge in [0, 0.05) is 11.1 Å². The second-order valence-electron chi connectivity index (χ2n) is 4.36. The highest BCUT2D eigenvalue weighted by Crippen LogP contribution is 2.33. The minimum absolute atomic E-state index is 0.168. The van der Waals surface area contributed by atoms with Crippen LogP contribution in [0.25, 0.3) is 0 Å². The molecule has 6 heteroatoms. The van der Waals surface area contributed by atoms with Gasteiger partial charge in [0.1, 0.15) is 13.2 Å². The topological polar surface area (TPSA) is 60.5 Å². The molecule has 1 aliphatic heterocycles. The van der Waals surface area contributed by atoms with Crippen LogP contribution >= 0.6 is 11.3 Å². The van der Waals surface area contributed by atoms with Gasteiger partial charge in [-0.2, -0.15) is 0 Å². The smallest absolute Gasteiger partial charge is 0.255 e. The molecular formula is C14H14N2O3S. The molecule has 1 aliphatic rings. The van der Waals surface area contributed by atoms with Crippen molar-refractivity contribution in [3.63, 3.8) is 0 Å². The quantitative estimate of drug-likeness (QED) is 0.941. The molecule has 0 radical (unpaired) electrons. The lowest BCUT2D eigenvalue weighted by atomic mass is 10.1. The molecule has 0 atom stereocenters. The molecule has 1 N–H and O–H groups in total. The van der Waals surface area contributed by atoms with Gasteiger partial charge in [0.2, 0.25) is 0 Å². The molecule has 1 aromatic heterocycles. The number of fused-ring (bicyclic) bond motifs is 1. The van der Waals surface area contributed by atoms with Crippen LogP contribution in [0.5, 0.6) is 11.5 Å². The summed E-state index contributed by atoms with van der Waals surface area (Å²) in [6, 6.07) is 5.33. The van der Waals surface area contributed by atoms with Crippen LogP contribution in [0, 0.1) is 6.92 Å². The molecule has 3 rings (SSSR count). The number of ether oxygens (including phenoxy) is 2. The number of nitrogens with one attached hydrogen (secondary N) is 1. The molecule has 1 amide bonds. The molecule has 0 saturated carbocycles. The van der Waals surface area contributed by atoms with Gasteiger partial charge in [-0.05, 0) is 19.1 Å². The summed E-state index contributed by atoms with van der Waals surface area (Å²) in [4.78, 5) is 17.4. The second kappa shape index (κ2) is 5.50. The number of hydrogen-bond acceptors (Lipinski definition) is 5. The lowest BCUT2D eigenvalue weighted by molar-refractivity contribution is 0.0940. The number of thiazole rings is 1. The van der Waals surface area contributed by atoms with Gasteiger partial charge in [-0.1, -0.05) is 6.07 Å².